The second-order valence-corrected chi connectivity index (χ2v) is 8.21. The molecule has 2 heteroatoms. The largest absolute Gasteiger partial charge is 0.491 e. The quantitative estimate of drug-likeness (QED) is 0.147. The number of hydrogen-bond donors (Lipinski definition) is 0. The van der Waals surface area contributed by atoms with Crippen molar-refractivity contribution in [2.75, 3.05) is 13.2 Å². The summed E-state index contributed by atoms with van der Waals surface area (Å²) in [6.45, 7) is 3.84. The van der Waals surface area contributed by atoms with Gasteiger partial charge in [-0.15, -0.1) is 0 Å². The molecule has 0 spiro atoms. The Kier molecular flexibility index (Phi) is 12.8. The fourth-order valence-corrected chi connectivity index (χ4v) is 3.58. The summed E-state index contributed by atoms with van der Waals surface area (Å²) >= 11 is 0. The van der Waals surface area contributed by atoms with Crippen molar-refractivity contribution in [3.8, 4) is 5.75 Å². The smallest absolute Gasteiger partial charge is 0.122 e. The van der Waals surface area contributed by atoms with Crippen LogP contribution in [0, 0.1) is 0 Å². The minimum atomic E-state index is 0.327. The summed E-state index contributed by atoms with van der Waals surface area (Å²) in [4.78, 5) is 0. The number of rotatable bonds is 18. The van der Waals surface area contributed by atoms with Gasteiger partial charge in [0.05, 0.1) is 6.61 Å². The van der Waals surface area contributed by atoms with Gasteiger partial charge in [-0.05, 0) is 50.2 Å². The number of hydrogen-bond acceptors (Lipinski definition) is 2. The van der Waals surface area contributed by atoms with Gasteiger partial charge in [-0.3, -0.25) is 0 Å². The maximum atomic E-state index is 5.90. The Morgan fingerprint density at radius 1 is 0.857 bits per heavy atom. The van der Waals surface area contributed by atoms with Gasteiger partial charge in [-0.2, -0.15) is 0 Å². The maximum absolute atomic E-state index is 5.90. The van der Waals surface area contributed by atoms with Crippen LogP contribution in [0.3, 0.4) is 0 Å². The van der Waals surface area contributed by atoms with E-state index in [4.69, 9.17) is 9.47 Å². The summed E-state index contributed by atoms with van der Waals surface area (Å²) in [6.07, 6.45) is 23.8. The van der Waals surface area contributed by atoms with Crippen molar-refractivity contribution in [2.45, 2.75) is 103 Å². The topological polar surface area (TPSA) is 21.8 Å². The molecule has 1 fully saturated rings. The van der Waals surface area contributed by atoms with E-state index in [2.05, 4.69) is 43.3 Å². The molecule has 28 heavy (non-hydrogen) atoms. The third-order valence-electron chi connectivity index (χ3n) is 5.51. The van der Waals surface area contributed by atoms with E-state index < -0.39 is 0 Å². The molecule has 2 nitrogen and oxygen atoms in total. The Labute approximate surface area is 173 Å². The Balaban J connectivity index is 1.40. The molecule has 0 saturated carbocycles. The highest BCUT2D eigenvalue weighted by Crippen LogP contribution is 2.22. The molecule has 1 saturated heterocycles. The standard InChI is InChI=1S/C26H42O2/c1-2-3-4-5-6-7-8-9-10-11-12-13-14-15-16-19-24-20-17-18-21-26(24)28-23-25-22-27-25/h9-10,17-18,20-21,25H,2-8,11-16,19,22-23H2,1H3/b10-9+. The monoisotopic (exact) mass is 386 g/mol. The number of para-hydroxylation sites is 1. The molecule has 0 radical (unpaired) electrons. The molecule has 1 unspecified atom stereocenters. The number of epoxide rings is 1. The molecule has 1 heterocycles. The summed E-state index contributed by atoms with van der Waals surface area (Å²) in [7, 11) is 0. The average molecular weight is 387 g/mol. The van der Waals surface area contributed by atoms with Crippen LogP contribution in [0.5, 0.6) is 5.75 Å². The molecule has 158 valence electrons. The highest BCUT2D eigenvalue weighted by Gasteiger charge is 2.23. The van der Waals surface area contributed by atoms with Gasteiger partial charge in [0.2, 0.25) is 0 Å². The normalized spacial score (nSPS) is 16.0. The molecule has 2 rings (SSSR count). The molecule has 1 aliphatic heterocycles. The zero-order chi connectivity index (χ0) is 19.7. The average Bonchev–Trinajstić information content (AvgIpc) is 3.54. The minimum absolute atomic E-state index is 0.327. The summed E-state index contributed by atoms with van der Waals surface area (Å²) in [5.41, 5.74) is 1.35. The molecule has 0 aromatic heterocycles. The molecule has 0 amide bonds. The third-order valence-corrected chi connectivity index (χ3v) is 5.51. The van der Waals surface area contributed by atoms with E-state index >= 15 is 0 Å². The fourth-order valence-electron chi connectivity index (χ4n) is 3.58. The van der Waals surface area contributed by atoms with Gasteiger partial charge in [0.25, 0.3) is 0 Å². The van der Waals surface area contributed by atoms with Gasteiger partial charge in [-0.1, -0.05) is 88.6 Å². The van der Waals surface area contributed by atoms with Crippen molar-refractivity contribution in [3.63, 3.8) is 0 Å². The molecule has 1 aromatic carbocycles. The number of ether oxygens (including phenoxy) is 2. The third kappa shape index (κ3) is 11.5. The highest BCUT2D eigenvalue weighted by molar-refractivity contribution is 5.33. The van der Waals surface area contributed by atoms with E-state index in [9.17, 15) is 0 Å². The van der Waals surface area contributed by atoms with Crippen molar-refractivity contribution in [3.05, 3.63) is 42.0 Å². The van der Waals surface area contributed by atoms with E-state index in [1.54, 1.807) is 0 Å². The summed E-state index contributed by atoms with van der Waals surface area (Å²) < 4.78 is 11.1. The lowest BCUT2D eigenvalue weighted by Crippen LogP contribution is -2.05. The van der Waals surface area contributed by atoms with Gasteiger partial charge in [0.15, 0.2) is 0 Å². The maximum Gasteiger partial charge on any atom is 0.122 e. The first kappa shape index (κ1) is 23.0. The molecule has 0 aliphatic carbocycles. The Bertz CT molecular complexity index is 519. The SMILES string of the molecule is CCCCCCCC/C=C/CCCCCCCc1ccccc1OCC1CO1. The Morgan fingerprint density at radius 2 is 1.46 bits per heavy atom. The fraction of sp³-hybridized carbons (Fsp3) is 0.692. The molecular formula is C26H42O2. The summed E-state index contributed by atoms with van der Waals surface area (Å²) in [6, 6.07) is 8.48. The van der Waals surface area contributed by atoms with Gasteiger partial charge < -0.3 is 9.47 Å². The van der Waals surface area contributed by atoms with E-state index in [-0.39, 0.29) is 0 Å². The minimum Gasteiger partial charge on any atom is -0.491 e. The van der Waals surface area contributed by atoms with Crippen LogP contribution in [0.2, 0.25) is 0 Å². The van der Waals surface area contributed by atoms with Crippen LogP contribution in [-0.2, 0) is 11.2 Å². The van der Waals surface area contributed by atoms with Crippen molar-refractivity contribution < 1.29 is 9.47 Å². The molecule has 1 aromatic rings. The van der Waals surface area contributed by atoms with Gasteiger partial charge >= 0.3 is 0 Å². The molecule has 0 bridgehead atoms. The van der Waals surface area contributed by atoms with Crippen molar-refractivity contribution in [2.24, 2.45) is 0 Å². The molecule has 1 aliphatic rings. The first-order valence-corrected chi connectivity index (χ1v) is 11.9. The highest BCUT2D eigenvalue weighted by atomic mass is 16.6. The van der Waals surface area contributed by atoms with E-state index in [0.717, 1.165) is 18.8 Å². The lowest BCUT2D eigenvalue weighted by atomic mass is 10.0. The van der Waals surface area contributed by atoms with Gasteiger partial charge in [-0.25, -0.2) is 0 Å². The van der Waals surface area contributed by atoms with Crippen LogP contribution in [-0.4, -0.2) is 19.3 Å². The molecular weight excluding hydrogens is 344 g/mol. The van der Waals surface area contributed by atoms with Crippen molar-refractivity contribution >= 4 is 0 Å². The lowest BCUT2D eigenvalue weighted by molar-refractivity contribution is 0.261. The predicted octanol–water partition coefficient (Wildman–Crippen LogP) is 7.65. The second-order valence-electron chi connectivity index (χ2n) is 8.21. The van der Waals surface area contributed by atoms with Crippen LogP contribution in [0.4, 0.5) is 0 Å². The van der Waals surface area contributed by atoms with E-state index in [1.165, 1.54) is 89.0 Å². The number of allylic oxidation sites excluding steroid dienone is 2. The first-order valence-electron chi connectivity index (χ1n) is 11.9. The number of aryl methyl sites for hydroxylation is 1. The predicted molar refractivity (Wildman–Crippen MR) is 120 cm³/mol. The van der Waals surface area contributed by atoms with Crippen LogP contribution in [0.25, 0.3) is 0 Å². The zero-order valence-electron chi connectivity index (χ0n) is 18.2. The molecule has 1 atom stereocenters. The van der Waals surface area contributed by atoms with Gasteiger partial charge in [0, 0.05) is 0 Å². The lowest BCUT2D eigenvalue weighted by Gasteiger charge is -2.10. The van der Waals surface area contributed by atoms with Crippen molar-refractivity contribution in [1.29, 1.82) is 0 Å². The summed E-state index contributed by atoms with van der Waals surface area (Å²) in [5.74, 6) is 1.05. The van der Waals surface area contributed by atoms with Gasteiger partial charge in [0.1, 0.15) is 18.5 Å². The van der Waals surface area contributed by atoms with E-state index in [0.29, 0.717) is 12.7 Å². The Morgan fingerprint density at radius 3 is 2.14 bits per heavy atom. The Hall–Kier alpha value is -1.28. The van der Waals surface area contributed by atoms with Crippen LogP contribution in [0.15, 0.2) is 36.4 Å². The van der Waals surface area contributed by atoms with Crippen molar-refractivity contribution in [1.82, 2.24) is 0 Å². The van der Waals surface area contributed by atoms with E-state index in [1.807, 2.05) is 0 Å². The number of unbranched alkanes of at least 4 members (excludes halogenated alkanes) is 11. The van der Waals surface area contributed by atoms with Crippen LogP contribution in [0.1, 0.15) is 96.0 Å². The number of benzene rings is 1. The van der Waals surface area contributed by atoms with Crippen LogP contribution >= 0.6 is 0 Å². The molecule has 0 N–H and O–H groups in total. The zero-order valence-corrected chi connectivity index (χ0v) is 18.2. The van der Waals surface area contributed by atoms with Crippen LogP contribution < -0.4 is 4.74 Å². The summed E-state index contributed by atoms with van der Waals surface area (Å²) in [5, 5.41) is 0. The first-order chi connectivity index (χ1) is 13.9. The second kappa shape index (κ2) is 15.6.